The van der Waals surface area contributed by atoms with Crippen LogP contribution in [-0.2, 0) is 11.2 Å². The summed E-state index contributed by atoms with van der Waals surface area (Å²) in [7, 11) is 0. The lowest BCUT2D eigenvalue weighted by Crippen LogP contribution is -2.20. The number of nitrogens with two attached hydrogens (primary N) is 1. The lowest BCUT2D eigenvalue weighted by atomic mass is 9.95. The van der Waals surface area contributed by atoms with Crippen molar-refractivity contribution in [1.82, 2.24) is 0 Å². The second-order valence-corrected chi connectivity index (χ2v) is 5.10. The smallest absolute Gasteiger partial charge is 0.231 e. The lowest BCUT2D eigenvalue weighted by molar-refractivity contribution is -0.117. The van der Waals surface area contributed by atoms with E-state index in [0.717, 1.165) is 24.1 Å². The third-order valence-corrected chi connectivity index (χ3v) is 3.58. The molecule has 0 bridgehead atoms. The van der Waals surface area contributed by atoms with Gasteiger partial charge in [-0.1, -0.05) is 49.4 Å². The largest absolute Gasteiger partial charge is 0.330 e. The van der Waals surface area contributed by atoms with Crippen LogP contribution >= 0.6 is 0 Å². The molecule has 0 fully saturated rings. The van der Waals surface area contributed by atoms with Gasteiger partial charge in [0.2, 0.25) is 5.91 Å². The van der Waals surface area contributed by atoms with Crippen molar-refractivity contribution < 1.29 is 4.79 Å². The molecule has 0 saturated carbocycles. The maximum atomic E-state index is 12.4. The minimum absolute atomic E-state index is 0.0373. The summed E-state index contributed by atoms with van der Waals surface area (Å²) in [5.74, 6) is -0.0785. The highest BCUT2D eigenvalue weighted by Gasteiger charge is 2.18. The fourth-order valence-corrected chi connectivity index (χ4v) is 2.41. The van der Waals surface area contributed by atoms with Gasteiger partial charge in [-0.15, -0.1) is 0 Å². The Bertz CT molecular complexity index is 564. The monoisotopic (exact) mass is 282 g/mol. The minimum Gasteiger partial charge on any atom is -0.330 e. The van der Waals surface area contributed by atoms with E-state index < -0.39 is 0 Å². The van der Waals surface area contributed by atoms with Gasteiger partial charge in [-0.3, -0.25) is 4.79 Å². The quantitative estimate of drug-likeness (QED) is 0.854. The summed E-state index contributed by atoms with van der Waals surface area (Å²) >= 11 is 0. The molecule has 0 aliphatic rings. The number of amides is 1. The van der Waals surface area contributed by atoms with Crippen molar-refractivity contribution in [3.63, 3.8) is 0 Å². The van der Waals surface area contributed by atoms with Crippen molar-refractivity contribution in [2.24, 2.45) is 5.73 Å². The van der Waals surface area contributed by atoms with Gasteiger partial charge in [0.25, 0.3) is 0 Å². The zero-order valence-corrected chi connectivity index (χ0v) is 12.4. The van der Waals surface area contributed by atoms with Gasteiger partial charge in [0.05, 0.1) is 5.92 Å². The summed E-state index contributed by atoms with van der Waals surface area (Å²) < 4.78 is 0. The number of nitrogens with one attached hydrogen (secondary N) is 1. The molecule has 0 aromatic heterocycles. The molecule has 3 heteroatoms. The molecule has 2 aromatic carbocycles. The van der Waals surface area contributed by atoms with Crippen LogP contribution in [0.1, 0.15) is 30.4 Å². The minimum atomic E-state index is -0.116. The Kier molecular flexibility index (Phi) is 5.52. The number of carbonyl (C=O) groups is 1. The van der Waals surface area contributed by atoms with Gasteiger partial charge in [0, 0.05) is 5.69 Å². The zero-order valence-electron chi connectivity index (χ0n) is 12.4. The van der Waals surface area contributed by atoms with E-state index in [-0.39, 0.29) is 11.8 Å². The Balaban J connectivity index is 2.05. The SMILES string of the molecule is CCC(C(=O)Nc1ccc(CCN)cc1)c1ccccc1. The van der Waals surface area contributed by atoms with Crippen LogP contribution in [0.25, 0.3) is 0 Å². The molecule has 1 unspecified atom stereocenters. The Morgan fingerprint density at radius 1 is 1.10 bits per heavy atom. The number of anilines is 1. The number of rotatable bonds is 6. The fourth-order valence-electron chi connectivity index (χ4n) is 2.41. The molecular formula is C18H22N2O. The molecule has 0 aliphatic heterocycles. The molecule has 0 aliphatic carbocycles. The van der Waals surface area contributed by atoms with Gasteiger partial charge in [-0.25, -0.2) is 0 Å². The maximum Gasteiger partial charge on any atom is 0.231 e. The summed E-state index contributed by atoms with van der Waals surface area (Å²) in [5.41, 5.74) is 8.60. The molecular weight excluding hydrogens is 260 g/mol. The van der Waals surface area contributed by atoms with Gasteiger partial charge in [-0.2, -0.15) is 0 Å². The first kappa shape index (κ1) is 15.3. The molecule has 0 heterocycles. The third-order valence-electron chi connectivity index (χ3n) is 3.58. The molecule has 2 rings (SSSR count). The van der Waals surface area contributed by atoms with Crippen molar-refractivity contribution in [3.8, 4) is 0 Å². The first-order valence-electron chi connectivity index (χ1n) is 7.39. The second kappa shape index (κ2) is 7.60. The van der Waals surface area contributed by atoms with Gasteiger partial charge < -0.3 is 11.1 Å². The highest BCUT2D eigenvalue weighted by atomic mass is 16.1. The number of hydrogen-bond acceptors (Lipinski definition) is 2. The highest BCUT2D eigenvalue weighted by Crippen LogP contribution is 2.21. The lowest BCUT2D eigenvalue weighted by Gasteiger charge is -2.15. The van der Waals surface area contributed by atoms with Crippen LogP contribution < -0.4 is 11.1 Å². The number of carbonyl (C=O) groups excluding carboxylic acids is 1. The van der Waals surface area contributed by atoms with E-state index in [2.05, 4.69) is 5.32 Å². The van der Waals surface area contributed by atoms with Crippen LogP contribution in [0.5, 0.6) is 0 Å². The van der Waals surface area contributed by atoms with Crippen molar-refractivity contribution in [1.29, 1.82) is 0 Å². The van der Waals surface area contributed by atoms with Gasteiger partial charge in [0.15, 0.2) is 0 Å². The average Bonchev–Trinajstić information content (AvgIpc) is 2.51. The van der Waals surface area contributed by atoms with Crippen LogP contribution in [0.15, 0.2) is 54.6 Å². The van der Waals surface area contributed by atoms with E-state index in [4.69, 9.17) is 5.73 Å². The first-order valence-corrected chi connectivity index (χ1v) is 7.39. The third kappa shape index (κ3) is 4.17. The van der Waals surface area contributed by atoms with Crippen molar-refractivity contribution in [3.05, 3.63) is 65.7 Å². The summed E-state index contributed by atoms with van der Waals surface area (Å²) in [4.78, 5) is 12.4. The molecule has 3 nitrogen and oxygen atoms in total. The Hall–Kier alpha value is -2.13. The number of hydrogen-bond donors (Lipinski definition) is 2. The van der Waals surface area contributed by atoms with Crippen LogP contribution in [0, 0.1) is 0 Å². The van der Waals surface area contributed by atoms with Crippen molar-refractivity contribution in [2.45, 2.75) is 25.7 Å². The summed E-state index contributed by atoms with van der Waals surface area (Å²) in [5, 5.41) is 2.99. The highest BCUT2D eigenvalue weighted by molar-refractivity contribution is 5.95. The van der Waals surface area contributed by atoms with Crippen LogP contribution in [-0.4, -0.2) is 12.5 Å². The van der Waals surface area contributed by atoms with E-state index in [1.807, 2.05) is 61.5 Å². The van der Waals surface area contributed by atoms with Gasteiger partial charge >= 0.3 is 0 Å². The van der Waals surface area contributed by atoms with Crippen molar-refractivity contribution >= 4 is 11.6 Å². The zero-order chi connectivity index (χ0) is 15.1. The predicted octanol–water partition coefficient (Wildman–Crippen LogP) is 3.32. The molecule has 2 aromatic rings. The van der Waals surface area contributed by atoms with Gasteiger partial charge in [0.1, 0.15) is 0 Å². The van der Waals surface area contributed by atoms with E-state index in [9.17, 15) is 4.79 Å². The Morgan fingerprint density at radius 2 is 1.76 bits per heavy atom. The first-order chi connectivity index (χ1) is 10.2. The molecule has 1 atom stereocenters. The van der Waals surface area contributed by atoms with Crippen LogP contribution in [0.4, 0.5) is 5.69 Å². The maximum absolute atomic E-state index is 12.4. The van der Waals surface area contributed by atoms with E-state index >= 15 is 0 Å². The van der Waals surface area contributed by atoms with Crippen molar-refractivity contribution in [2.75, 3.05) is 11.9 Å². The van der Waals surface area contributed by atoms with Gasteiger partial charge in [-0.05, 0) is 42.6 Å². The van der Waals surface area contributed by atoms with E-state index in [1.165, 1.54) is 5.56 Å². The molecule has 0 saturated heterocycles. The average molecular weight is 282 g/mol. The molecule has 1 amide bonds. The van der Waals surface area contributed by atoms with Crippen LogP contribution in [0.3, 0.4) is 0 Å². The standard InChI is InChI=1S/C18H22N2O/c1-2-17(15-6-4-3-5-7-15)18(21)20-16-10-8-14(9-11-16)12-13-19/h3-11,17H,2,12-13,19H2,1H3,(H,20,21). The molecule has 3 N–H and O–H groups in total. The normalized spacial score (nSPS) is 11.9. The van der Waals surface area contributed by atoms with E-state index in [1.54, 1.807) is 0 Å². The molecule has 0 spiro atoms. The summed E-state index contributed by atoms with van der Waals surface area (Å²) in [6, 6.07) is 17.8. The second-order valence-electron chi connectivity index (χ2n) is 5.10. The topological polar surface area (TPSA) is 55.1 Å². The van der Waals surface area contributed by atoms with E-state index in [0.29, 0.717) is 6.54 Å². The Morgan fingerprint density at radius 3 is 2.33 bits per heavy atom. The van der Waals surface area contributed by atoms with Crippen LogP contribution in [0.2, 0.25) is 0 Å². The summed E-state index contributed by atoms with van der Waals surface area (Å²) in [6.45, 7) is 2.67. The molecule has 110 valence electrons. The molecule has 21 heavy (non-hydrogen) atoms. The Labute approximate surface area is 126 Å². The molecule has 0 radical (unpaired) electrons. The fraction of sp³-hybridized carbons (Fsp3) is 0.278. The number of benzene rings is 2. The summed E-state index contributed by atoms with van der Waals surface area (Å²) in [6.07, 6.45) is 1.64. The predicted molar refractivity (Wildman–Crippen MR) is 87.3 cm³/mol.